The van der Waals surface area contributed by atoms with E-state index in [1.54, 1.807) is 0 Å². The number of hydrogen-bond donors (Lipinski definition) is 0. The molecule has 1 atom stereocenters. The van der Waals surface area contributed by atoms with Gasteiger partial charge in [-0.15, -0.1) is 0 Å². The molecule has 0 aliphatic carbocycles. The van der Waals surface area contributed by atoms with Crippen LogP contribution in [0.5, 0.6) is 0 Å². The summed E-state index contributed by atoms with van der Waals surface area (Å²) in [5, 5.41) is 0. The number of benzene rings is 1. The highest BCUT2D eigenvalue weighted by Crippen LogP contribution is 2.27. The number of rotatable bonds is 8. The lowest BCUT2D eigenvalue weighted by molar-refractivity contribution is 0.0145. The molecule has 1 unspecified atom stereocenters. The third-order valence-corrected chi connectivity index (χ3v) is 3.81. The highest BCUT2D eigenvalue weighted by atomic mass is 127. The molecule has 1 aromatic carbocycles. The third kappa shape index (κ3) is 5.68. The van der Waals surface area contributed by atoms with E-state index in [-0.39, 0.29) is 6.10 Å². The minimum absolute atomic E-state index is 0.136. The largest absolute Gasteiger partial charge is 0.379 e. The first-order valence-corrected chi connectivity index (χ1v) is 8.11. The average Bonchev–Trinajstić information content (AvgIpc) is 2.35. The predicted molar refractivity (Wildman–Crippen MR) is 82.8 cm³/mol. The molecule has 4 heteroatoms. The Kier molecular flexibility index (Phi) is 8.43. The van der Waals surface area contributed by atoms with Crippen LogP contribution in [0, 0.1) is 0 Å². The second-order valence-corrected chi connectivity index (χ2v) is 5.38. The number of alkyl halides is 1. The molecule has 2 nitrogen and oxygen atoms in total. The van der Waals surface area contributed by atoms with Crippen LogP contribution in [0.2, 0.25) is 0 Å². The second-order valence-electron chi connectivity index (χ2n) is 3.65. The fourth-order valence-corrected chi connectivity index (χ4v) is 2.72. The van der Waals surface area contributed by atoms with Crippen LogP contribution in [0.25, 0.3) is 0 Å². The fraction of sp³-hybridized carbons (Fsp3) is 0.538. The summed E-state index contributed by atoms with van der Waals surface area (Å²) >= 11 is 5.91. The molecule has 0 aromatic heterocycles. The van der Waals surface area contributed by atoms with Crippen molar-refractivity contribution >= 4 is 38.5 Å². The predicted octanol–water partition coefficient (Wildman–Crippen LogP) is 4.37. The van der Waals surface area contributed by atoms with Crippen molar-refractivity contribution in [2.24, 2.45) is 0 Å². The summed E-state index contributed by atoms with van der Waals surface area (Å²) < 4.78 is 13.3. The summed E-state index contributed by atoms with van der Waals surface area (Å²) in [7, 11) is 0. The highest BCUT2D eigenvalue weighted by molar-refractivity contribution is 14.1. The van der Waals surface area contributed by atoms with Crippen molar-refractivity contribution < 1.29 is 9.47 Å². The topological polar surface area (TPSA) is 18.5 Å². The van der Waals surface area contributed by atoms with Gasteiger partial charge in [0.05, 0.1) is 19.3 Å². The van der Waals surface area contributed by atoms with Gasteiger partial charge in [-0.25, -0.2) is 0 Å². The Bertz CT molecular complexity index is 320. The first kappa shape index (κ1) is 15.4. The Hall–Kier alpha value is 0.350. The maximum absolute atomic E-state index is 5.84. The van der Waals surface area contributed by atoms with E-state index in [0.29, 0.717) is 13.2 Å². The molecule has 96 valence electrons. The van der Waals surface area contributed by atoms with Gasteiger partial charge in [-0.3, -0.25) is 0 Å². The Morgan fingerprint density at radius 1 is 1.24 bits per heavy atom. The van der Waals surface area contributed by atoms with Crippen LogP contribution in [-0.2, 0) is 9.47 Å². The molecule has 0 saturated heterocycles. The highest BCUT2D eigenvalue weighted by Gasteiger charge is 2.12. The Balaban J connectivity index is 2.41. The fourth-order valence-electron chi connectivity index (χ4n) is 1.45. The molecule has 0 amide bonds. The van der Waals surface area contributed by atoms with Crippen LogP contribution in [0.1, 0.15) is 25.0 Å². The maximum Gasteiger partial charge on any atom is 0.0926 e. The molecule has 0 heterocycles. The number of halogens is 2. The molecule has 0 spiro atoms. The van der Waals surface area contributed by atoms with Crippen LogP contribution in [0.4, 0.5) is 0 Å². The second kappa shape index (κ2) is 9.30. The minimum atomic E-state index is 0.136. The van der Waals surface area contributed by atoms with E-state index in [9.17, 15) is 0 Å². The van der Waals surface area contributed by atoms with Crippen LogP contribution in [0.3, 0.4) is 0 Å². The van der Waals surface area contributed by atoms with Gasteiger partial charge in [-0.2, -0.15) is 0 Å². The Labute approximate surface area is 125 Å². The van der Waals surface area contributed by atoms with Crippen molar-refractivity contribution in [3.8, 4) is 0 Å². The van der Waals surface area contributed by atoms with E-state index >= 15 is 0 Å². The summed E-state index contributed by atoms with van der Waals surface area (Å²) in [4.78, 5) is 0. The van der Waals surface area contributed by atoms with Crippen molar-refractivity contribution in [2.75, 3.05) is 24.2 Å². The number of hydrogen-bond acceptors (Lipinski definition) is 2. The zero-order chi connectivity index (χ0) is 12.5. The normalized spacial score (nSPS) is 12.6. The summed E-state index contributed by atoms with van der Waals surface area (Å²) in [6.45, 7) is 4.24. The van der Waals surface area contributed by atoms with Crippen LogP contribution in [-0.4, -0.2) is 24.2 Å². The maximum atomic E-state index is 5.84. The zero-order valence-electron chi connectivity index (χ0n) is 9.99. The van der Waals surface area contributed by atoms with Crippen molar-refractivity contribution in [1.82, 2.24) is 0 Å². The smallest absolute Gasteiger partial charge is 0.0926 e. The Morgan fingerprint density at radius 3 is 2.65 bits per heavy atom. The Morgan fingerprint density at radius 2 is 2.00 bits per heavy atom. The van der Waals surface area contributed by atoms with Crippen molar-refractivity contribution in [3.63, 3.8) is 0 Å². The monoisotopic (exact) mass is 412 g/mol. The minimum Gasteiger partial charge on any atom is -0.379 e. The SMILES string of the molecule is CCCOCCOC(CI)c1ccccc1Br. The molecule has 1 aromatic rings. The van der Waals surface area contributed by atoms with Gasteiger partial charge in [0.2, 0.25) is 0 Å². The zero-order valence-corrected chi connectivity index (χ0v) is 13.7. The molecular weight excluding hydrogens is 395 g/mol. The molecule has 0 aliphatic rings. The third-order valence-electron chi connectivity index (χ3n) is 2.29. The summed E-state index contributed by atoms with van der Waals surface area (Å²) in [5.74, 6) is 0. The quantitative estimate of drug-likeness (QED) is 0.358. The van der Waals surface area contributed by atoms with Gasteiger partial charge in [0.25, 0.3) is 0 Å². The van der Waals surface area contributed by atoms with Gasteiger partial charge in [0, 0.05) is 15.5 Å². The molecule has 0 saturated carbocycles. The lowest BCUT2D eigenvalue weighted by atomic mass is 10.1. The van der Waals surface area contributed by atoms with E-state index in [4.69, 9.17) is 9.47 Å². The molecule has 0 radical (unpaired) electrons. The molecule has 17 heavy (non-hydrogen) atoms. The van der Waals surface area contributed by atoms with Gasteiger partial charge in [0.1, 0.15) is 0 Å². The van der Waals surface area contributed by atoms with Crippen LogP contribution in [0.15, 0.2) is 28.7 Å². The first-order valence-electron chi connectivity index (χ1n) is 5.79. The summed E-state index contributed by atoms with van der Waals surface area (Å²) in [6, 6.07) is 8.20. The lowest BCUT2D eigenvalue weighted by Gasteiger charge is -2.17. The van der Waals surface area contributed by atoms with Gasteiger partial charge in [-0.1, -0.05) is 63.6 Å². The first-order chi connectivity index (χ1) is 8.29. The standard InChI is InChI=1S/C13H18BrIO2/c1-2-7-16-8-9-17-13(10-15)11-5-3-4-6-12(11)14/h3-6,13H,2,7-10H2,1H3. The molecule has 0 N–H and O–H groups in total. The van der Waals surface area contributed by atoms with Crippen molar-refractivity contribution in [2.45, 2.75) is 19.4 Å². The average molecular weight is 413 g/mol. The van der Waals surface area contributed by atoms with Crippen molar-refractivity contribution in [3.05, 3.63) is 34.3 Å². The molecule has 0 fully saturated rings. The molecule has 1 rings (SSSR count). The van der Waals surface area contributed by atoms with E-state index < -0.39 is 0 Å². The molecule has 0 aliphatic heterocycles. The molecular formula is C13H18BrIO2. The van der Waals surface area contributed by atoms with Crippen LogP contribution >= 0.6 is 38.5 Å². The van der Waals surface area contributed by atoms with Gasteiger partial charge < -0.3 is 9.47 Å². The van der Waals surface area contributed by atoms with E-state index in [2.05, 4.69) is 51.5 Å². The summed E-state index contributed by atoms with van der Waals surface area (Å²) in [5.41, 5.74) is 1.21. The van der Waals surface area contributed by atoms with E-state index in [0.717, 1.165) is 21.9 Å². The molecule has 0 bridgehead atoms. The van der Waals surface area contributed by atoms with Gasteiger partial charge in [0.15, 0.2) is 0 Å². The number of ether oxygens (including phenoxy) is 2. The van der Waals surface area contributed by atoms with Gasteiger partial charge >= 0.3 is 0 Å². The van der Waals surface area contributed by atoms with Crippen molar-refractivity contribution in [1.29, 1.82) is 0 Å². The lowest BCUT2D eigenvalue weighted by Crippen LogP contribution is -2.11. The summed E-state index contributed by atoms with van der Waals surface area (Å²) in [6.07, 6.45) is 1.19. The van der Waals surface area contributed by atoms with E-state index in [1.165, 1.54) is 5.56 Å². The van der Waals surface area contributed by atoms with E-state index in [1.807, 2.05) is 18.2 Å². The van der Waals surface area contributed by atoms with Crippen LogP contribution < -0.4 is 0 Å². The van der Waals surface area contributed by atoms with Gasteiger partial charge in [-0.05, 0) is 18.1 Å².